The van der Waals surface area contributed by atoms with E-state index in [2.05, 4.69) is 10.6 Å². The maximum absolute atomic E-state index is 13.1. The van der Waals surface area contributed by atoms with Crippen LogP contribution in [-0.4, -0.2) is 48.6 Å². The van der Waals surface area contributed by atoms with E-state index in [1.807, 2.05) is 36.6 Å². The Kier molecular flexibility index (Phi) is 6.61. The first-order valence-electron chi connectivity index (χ1n) is 11.5. The van der Waals surface area contributed by atoms with E-state index in [1.165, 1.54) is 11.3 Å². The van der Waals surface area contributed by atoms with Gasteiger partial charge >= 0.3 is 0 Å². The molecule has 182 valence electrons. The van der Waals surface area contributed by atoms with Crippen LogP contribution in [0.1, 0.15) is 48.0 Å². The van der Waals surface area contributed by atoms with Gasteiger partial charge in [0.15, 0.2) is 15.5 Å². The lowest BCUT2D eigenvalue weighted by atomic mass is 9.79. The molecule has 11 heteroatoms. The molecule has 2 aliphatic heterocycles. The Balaban J connectivity index is 1.37. The zero-order chi connectivity index (χ0) is 23.8. The molecule has 5 rings (SSSR count). The highest BCUT2D eigenvalue weighted by Gasteiger charge is 2.46. The summed E-state index contributed by atoms with van der Waals surface area (Å²) in [7, 11) is 0. The number of nitrogens with one attached hydrogen (secondary N) is 2. The number of hydrogen-bond acceptors (Lipinski definition) is 8. The predicted molar refractivity (Wildman–Crippen MR) is 128 cm³/mol. The van der Waals surface area contributed by atoms with Crippen molar-refractivity contribution in [2.45, 2.75) is 51.5 Å². The van der Waals surface area contributed by atoms with Crippen LogP contribution >= 0.6 is 23.6 Å². The normalized spacial score (nSPS) is 24.8. The third kappa shape index (κ3) is 4.21. The number of ether oxygens (including phenoxy) is 4. The van der Waals surface area contributed by atoms with Crippen LogP contribution in [0.15, 0.2) is 18.2 Å². The monoisotopic (exact) mass is 505 g/mol. The molecule has 1 aromatic carbocycles. The molecule has 1 aliphatic carbocycles. The zero-order valence-corrected chi connectivity index (χ0v) is 20.6. The first kappa shape index (κ1) is 23.3. The molecule has 0 saturated heterocycles. The lowest BCUT2D eigenvalue weighted by molar-refractivity contribution is -0.137. The highest BCUT2D eigenvalue weighted by atomic mass is 32.1. The van der Waals surface area contributed by atoms with Gasteiger partial charge < -0.3 is 34.1 Å². The Bertz CT molecular complexity index is 1160. The third-order valence-corrected chi connectivity index (χ3v) is 7.85. The summed E-state index contributed by atoms with van der Waals surface area (Å²) in [5.74, 6) is 1.14. The second kappa shape index (κ2) is 9.65. The van der Waals surface area contributed by atoms with E-state index in [1.54, 1.807) is 0 Å². The third-order valence-electron chi connectivity index (χ3n) is 6.45. The Morgan fingerprint density at radius 3 is 2.71 bits per heavy atom. The average molecular weight is 506 g/mol. The molecule has 0 spiro atoms. The van der Waals surface area contributed by atoms with Crippen LogP contribution in [0.4, 0.5) is 5.82 Å². The second-order valence-electron chi connectivity index (χ2n) is 8.41. The maximum Gasteiger partial charge on any atom is 0.265 e. The fourth-order valence-electron chi connectivity index (χ4n) is 4.94. The first-order valence-corrected chi connectivity index (χ1v) is 12.7. The largest absolute Gasteiger partial charge is 0.454 e. The topological polar surface area (TPSA) is 100 Å². The molecule has 4 unspecified atom stereocenters. The molecule has 1 fully saturated rings. The predicted octanol–water partition coefficient (Wildman–Crippen LogP) is 3.65. The number of benzene rings is 1. The Labute approximate surface area is 206 Å². The van der Waals surface area contributed by atoms with Gasteiger partial charge in [-0.3, -0.25) is 9.59 Å². The van der Waals surface area contributed by atoms with Gasteiger partial charge in [-0.1, -0.05) is 17.4 Å². The summed E-state index contributed by atoms with van der Waals surface area (Å²) in [5.41, 5.74) is 0.882. The van der Waals surface area contributed by atoms with Crippen molar-refractivity contribution >= 4 is 41.2 Å². The number of rotatable bonds is 7. The number of thiazole rings is 1. The summed E-state index contributed by atoms with van der Waals surface area (Å²) in [4.78, 5) is 26.6. The Morgan fingerprint density at radius 2 is 1.94 bits per heavy atom. The summed E-state index contributed by atoms with van der Waals surface area (Å²) in [5, 5.41) is 5.87. The minimum absolute atomic E-state index is 0.109. The number of hydrogen-bond donors (Lipinski definition) is 2. The number of fused-ring (bicyclic) bond motifs is 4. The highest BCUT2D eigenvalue weighted by Crippen LogP contribution is 2.44. The number of nitrogens with zero attached hydrogens (tertiary/aromatic N) is 1. The van der Waals surface area contributed by atoms with Gasteiger partial charge in [0.05, 0.1) is 24.2 Å². The summed E-state index contributed by atoms with van der Waals surface area (Å²) >= 11 is 6.86. The number of carbonyl (C=O) groups is 2. The van der Waals surface area contributed by atoms with Crippen molar-refractivity contribution in [3.8, 4) is 11.5 Å². The molecule has 3 heterocycles. The van der Waals surface area contributed by atoms with Gasteiger partial charge in [-0.15, -0.1) is 0 Å². The van der Waals surface area contributed by atoms with Gasteiger partial charge in [0.2, 0.25) is 12.7 Å². The van der Waals surface area contributed by atoms with Crippen LogP contribution in [0.3, 0.4) is 0 Å². The van der Waals surface area contributed by atoms with Crippen LogP contribution < -0.4 is 20.1 Å². The van der Waals surface area contributed by atoms with Crippen molar-refractivity contribution in [1.82, 2.24) is 9.88 Å². The van der Waals surface area contributed by atoms with Crippen LogP contribution in [0, 0.1) is 9.87 Å². The molecule has 2 amide bonds. The van der Waals surface area contributed by atoms with E-state index in [4.69, 9.17) is 31.2 Å². The van der Waals surface area contributed by atoms with Gasteiger partial charge in [0.1, 0.15) is 10.7 Å². The molecule has 1 saturated carbocycles. The standard InChI is InChI=1S/C23H27N3O6S2/c1-3-29-17-8-13-14(9-18(17)30-4-2)26-20(25-21(13)27)19(34-23(26)33)22(28)24-10-12-5-6-15-16(7-12)32-11-31-15/h5-7,13-14,17-18H,3-4,8-11H2,1-2H3,(H,24,28)(H,25,27). The smallest absolute Gasteiger partial charge is 0.265 e. The van der Waals surface area contributed by atoms with E-state index >= 15 is 0 Å². The van der Waals surface area contributed by atoms with Crippen LogP contribution in [0.2, 0.25) is 0 Å². The summed E-state index contributed by atoms with van der Waals surface area (Å²) in [6.45, 7) is 5.52. The van der Waals surface area contributed by atoms with Gasteiger partial charge in [-0.2, -0.15) is 0 Å². The number of aromatic nitrogens is 1. The zero-order valence-electron chi connectivity index (χ0n) is 19.0. The van der Waals surface area contributed by atoms with Crippen molar-refractivity contribution < 1.29 is 28.5 Å². The molecule has 2 aromatic rings. The maximum atomic E-state index is 13.1. The first-order chi connectivity index (χ1) is 16.5. The molecule has 1 aromatic heterocycles. The fraction of sp³-hybridized carbons (Fsp3) is 0.522. The van der Waals surface area contributed by atoms with Gasteiger partial charge in [0, 0.05) is 19.8 Å². The molecular weight excluding hydrogens is 478 g/mol. The van der Waals surface area contributed by atoms with Crippen molar-refractivity contribution in [2.24, 2.45) is 5.92 Å². The van der Waals surface area contributed by atoms with Crippen molar-refractivity contribution in [1.29, 1.82) is 0 Å². The molecule has 0 bridgehead atoms. The van der Waals surface area contributed by atoms with E-state index in [-0.39, 0.29) is 42.8 Å². The summed E-state index contributed by atoms with van der Waals surface area (Å²) < 4.78 is 25.1. The number of carbonyl (C=O) groups excluding carboxylic acids is 2. The molecule has 4 atom stereocenters. The SMILES string of the molecule is CCOC1CC2C(=O)Nc3c(C(=O)NCc4ccc5c(c4)OCO5)sc(=S)n3C2CC1OCC. The molecule has 9 nitrogen and oxygen atoms in total. The van der Waals surface area contributed by atoms with Crippen molar-refractivity contribution in [3.05, 3.63) is 32.6 Å². The van der Waals surface area contributed by atoms with Gasteiger partial charge in [-0.25, -0.2) is 0 Å². The minimum atomic E-state index is -0.286. The van der Waals surface area contributed by atoms with Crippen LogP contribution in [0.25, 0.3) is 0 Å². The van der Waals surface area contributed by atoms with Gasteiger partial charge in [0.25, 0.3) is 5.91 Å². The summed E-state index contributed by atoms with van der Waals surface area (Å²) in [6.07, 6.45) is 0.885. The lowest BCUT2D eigenvalue weighted by Gasteiger charge is -2.43. The van der Waals surface area contributed by atoms with Crippen molar-refractivity contribution in [3.63, 3.8) is 0 Å². The molecule has 3 aliphatic rings. The fourth-order valence-corrected chi connectivity index (χ4v) is 6.33. The van der Waals surface area contributed by atoms with Crippen LogP contribution in [0.5, 0.6) is 11.5 Å². The summed E-state index contributed by atoms with van der Waals surface area (Å²) in [6, 6.07) is 5.37. The van der Waals surface area contributed by atoms with E-state index in [9.17, 15) is 9.59 Å². The number of anilines is 1. The Hall–Kier alpha value is -2.47. The van der Waals surface area contributed by atoms with E-state index in [0.717, 1.165) is 5.56 Å². The highest BCUT2D eigenvalue weighted by molar-refractivity contribution is 7.73. The quantitative estimate of drug-likeness (QED) is 0.554. The minimum Gasteiger partial charge on any atom is -0.454 e. The van der Waals surface area contributed by atoms with Crippen molar-refractivity contribution in [2.75, 3.05) is 25.3 Å². The molecule has 34 heavy (non-hydrogen) atoms. The molecular formula is C23H27N3O6S2. The average Bonchev–Trinajstić information content (AvgIpc) is 3.42. The van der Waals surface area contributed by atoms with E-state index in [0.29, 0.717) is 58.7 Å². The Morgan fingerprint density at radius 1 is 1.21 bits per heavy atom. The van der Waals surface area contributed by atoms with Crippen LogP contribution in [-0.2, 0) is 20.8 Å². The molecule has 0 radical (unpaired) electrons. The molecule has 2 N–H and O–H groups in total. The lowest BCUT2D eigenvalue weighted by Crippen LogP contribution is -2.49. The van der Waals surface area contributed by atoms with E-state index < -0.39 is 0 Å². The number of amides is 2. The van der Waals surface area contributed by atoms with Gasteiger partial charge in [-0.05, 0) is 56.6 Å². The second-order valence-corrected chi connectivity index (χ2v) is 10.1.